The van der Waals surface area contributed by atoms with E-state index < -0.39 is 23.6 Å². The Morgan fingerprint density at radius 2 is 1.65 bits per heavy atom. The highest BCUT2D eigenvalue weighted by Gasteiger charge is 2.70. The third kappa shape index (κ3) is 2.75. The lowest BCUT2D eigenvalue weighted by Gasteiger charge is -2.70. The second-order valence-corrected chi connectivity index (χ2v) is 14.1. The van der Waals surface area contributed by atoms with Crippen LogP contribution in [0.1, 0.15) is 92.9 Å². The zero-order valence-electron chi connectivity index (χ0n) is 21.9. The van der Waals surface area contributed by atoms with E-state index in [1.807, 2.05) is 6.92 Å². The van der Waals surface area contributed by atoms with E-state index in [1.54, 1.807) is 0 Å². The Bertz CT molecular complexity index is 952. The van der Waals surface area contributed by atoms with Gasteiger partial charge in [0.1, 0.15) is 6.10 Å². The maximum absolute atomic E-state index is 12.8. The lowest BCUT2D eigenvalue weighted by atomic mass is 9.34. The standard InChI is InChI=1S/C29H44O5/c1-16-17-9-10-28(6)20(26(17,4)15-19(30)22(16)31)8-7-18-21-23(32)25(2,3)11-13-29(21,24(33)34)14-12-27(18,28)5/h7,16-17,19-21,23,30,32H,8-15H2,1-6H3,(H,33,34). The smallest absolute Gasteiger partial charge is 0.310 e. The van der Waals surface area contributed by atoms with Gasteiger partial charge in [-0.3, -0.25) is 9.59 Å². The molecule has 0 saturated heterocycles. The largest absolute Gasteiger partial charge is 0.481 e. The average Bonchev–Trinajstić information content (AvgIpc) is 2.75. The van der Waals surface area contributed by atoms with Gasteiger partial charge in [-0.15, -0.1) is 0 Å². The number of carboxylic acid groups (broad SMARTS) is 1. The lowest BCUT2D eigenvalue weighted by molar-refractivity contribution is -0.199. The van der Waals surface area contributed by atoms with Crippen LogP contribution < -0.4 is 0 Å². The Morgan fingerprint density at radius 3 is 2.29 bits per heavy atom. The van der Waals surface area contributed by atoms with E-state index in [9.17, 15) is 24.9 Å². The Balaban J connectivity index is 1.63. The van der Waals surface area contributed by atoms with E-state index in [0.717, 1.165) is 32.1 Å². The Hall–Kier alpha value is -1.20. The van der Waals surface area contributed by atoms with Crippen molar-refractivity contribution in [2.24, 2.45) is 50.7 Å². The van der Waals surface area contributed by atoms with Gasteiger partial charge < -0.3 is 15.3 Å². The molecule has 10 atom stereocenters. The Morgan fingerprint density at radius 1 is 1.00 bits per heavy atom. The van der Waals surface area contributed by atoms with Crippen LogP contribution in [0.15, 0.2) is 11.6 Å². The molecule has 0 bridgehead atoms. The second-order valence-electron chi connectivity index (χ2n) is 14.1. The summed E-state index contributed by atoms with van der Waals surface area (Å²) in [6.45, 7) is 13.2. The van der Waals surface area contributed by atoms with Gasteiger partial charge in [-0.25, -0.2) is 0 Å². The molecule has 10 unspecified atom stereocenters. The summed E-state index contributed by atoms with van der Waals surface area (Å²) < 4.78 is 0. The number of aliphatic hydroxyl groups is 2. The number of hydrogen-bond donors (Lipinski definition) is 3. The molecule has 4 fully saturated rings. The van der Waals surface area contributed by atoms with Crippen LogP contribution in [-0.2, 0) is 9.59 Å². The molecule has 0 aromatic heterocycles. The first-order valence-electron chi connectivity index (χ1n) is 13.5. The molecule has 0 radical (unpaired) electrons. The molecular weight excluding hydrogens is 428 g/mol. The van der Waals surface area contributed by atoms with Crippen LogP contribution in [0.2, 0.25) is 0 Å². The van der Waals surface area contributed by atoms with Gasteiger partial charge in [0.25, 0.3) is 0 Å². The highest BCUT2D eigenvalue weighted by atomic mass is 16.4. The topological polar surface area (TPSA) is 94.8 Å². The maximum atomic E-state index is 12.8. The Kier molecular flexibility index (Phi) is 5.18. The number of carbonyl (C=O) groups is 2. The van der Waals surface area contributed by atoms with Crippen molar-refractivity contribution in [1.82, 2.24) is 0 Å². The molecule has 5 rings (SSSR count). The molecular formula is C29H44O5. The number of rotatable bonds is 1. The number of aliphatic carboxylic acids is 1. The predicted molar refractivity (Wildman–Crippen MR) is 130 cm³/mol. The van der Waals surface area contributed by atoms with Gasteiger partial charge in [0.15, 0.2) is 5.78 Å². The fourth-order valence-corrected chi connectivity index (χ4v) is 10.1. The molecule has 3 N–H and O–H groups in total. The van der Waals surface area contributed by atoms with Gasteiger partial charge in [-0.05, 0) is 84.9 Å². The quantitative estimate of drug-likeness (QED) is 0.467. The van der Waals surface area contributed by atoms with Gasteiger partial charge in [0, 0.05) is 11.8 Å². The van der Waals surface area contributed by atoms with Crippen molar-refractivity contribution < 1.29 is 24.9 Å². The molecule has 0 heterocycles. The summed E-state index contributed by atoms with van der Waals surface area (Å²) in [6, 6.07) is 0. The van der Waals surface area contributed by atoms with Crippen LogP contribution >= 0.6 is 0 Å². The molecule has 0 amide bonds. The molecule has 34 heavy (non-hydrogen) atoms. The molecule has 4 saturated carbocycles. The minimum Gasteiger partial charge on any atom is -0.481 e. The minimum absolute atomic E-state index is 0.000739. The minimum atomic E-state index is -0.885. The number of aliphatic hydroxyl groups excluding tert-OH is 2. The number of ketones is 1. The van der Waals surface area contributed by atoms with Gasteiger partial charge in [-0.1, -0.05) is 53.2 Å². The first kappa shape index (κ1) is 24.5. The summed E-state index contributed by atoms with van der Waals surface area (Å²) in [7, 11) is 0. The highest BCUT2D eigenvalue weighted by Crippen LogP contribution is 2.74. The average molecular weight is 473 g/mol. The lowest BCUT2D eigenvalue weighted by Crippen LogP contribution is -2.66. The van der Waals surface area contributed by atoms with Crippen molar-refractivity contribution in [3.8, 4) is 0 Å². The number of Topliss-reactive ketones (excluding diaryl/α,β-unsaturated/α-hetero) is 1. The van der Waals surface area contributed by atoms with E-state index in [-0.39, 0.29) is 45.2 Å². The molecule has 5 heteroatoms. The van der Waals surface area contributed by atoms with Gasteiger partial charge in [0.05, 0.1) is 11.5 Å². The summed E-state index contributed by atoms with van der Waals surface area (Å²) in [5.41, 5.74) is -0.398. The van der Waals surface area contributed by atoms with Crippen molar-refractivity contribution in [2.45, 2.75) is 105 Å². The number of carboxylic acids is 1. The maximum Gasteiger partial charge on any atom is 0.310 e. The first-order valence-corrected chi connectivity index (χ1v) is 13.5. The molecule has 0 spiro atoms. The molecule has 5 aliphatic carbocycles. The van der Waals surface area contributed by atoms with Crippen LogP contribution in [0.25, 0.3) is 0 Å². The van der Waals surface area contributed by atoms with Gasteiger partial charge >= 0.3 is 5.97 Å². The van der Waals surface area contributed by atoms with E-state index in [1.165, 1.54) is 5.57 Å². The predicted octanol–water partition coefficient (Wildman–Crippen LogP) is 4.99. The summed E-state index contributed by atoms with van der Waals surface area (Å²) in [5.74, 6) is -0.622. The summed E-state index contributed by atoms with van der Waals surface area (Å²) in [5, 5.41) is 32.8. The van der Waals surface area contributed by atoms with Gasteiger partial charge in [0.2, 0.25) is 0 Å². The highest BCUT2D eigenvalue weighted by molar-refractivity contribution is 5.86. The van der Waals surface area contributed by atoms with Gasteiger partial charge in [-0.2, -0.15) is 0 Å². The van der Waals surface area contributed by atoms with E-state index in [0.29, 0.717) is 25.2 Å². The molecule has 0 aliphatic heterocycles. The van der Waals surface area contributed by atoms with Crippen LogP contribution in [0.3, 0.4) is 0 Å². The number of hydrogen-bond acceptors (Lipinski definition) is 4. The third-order valence-electron chi connectivity index (χ3n) is 12.6. The van der Waals surface area contributed by atoms with Crippen molar-refractivity contribution in [1.29, 1.82) is 0 Å². The Labute approximate surface area is 204 Å². The first-order chi connectivity index (χ1) is 15.7. The number of carbonyl (C=O) groups excluding carboxylic acids is 1. The second kappa shape index (κ2) is 7.18. The van der Waals surface area contributed by atoms with E-state index in [2.05, 4.69) is 40.7 Å². The molecule has 190 valence electrons. The number of allylic oxidation sites excluding steroid dienone is 1. The summed E-state index contributed by atoms with van der Waals surface area (Å²) >= 11 is 0. The summed E-state index contributed by atoms with van der Waals surface area (Å²) in [6.07, 6.45) is 6.85. The van der Waals surface area contributed by atoms with Crippen molar-refractivity contribution in [3.63, 3.8) is 0 Å². The van der Waals surface area contributed by atoms with E-state index >= 15 is 0 Å². The van der Waals surface area contributed by atoms with Crippen molar-refractivity contribution in [3.05, 3.63) is 11.6 Å². The van der Waals surface area contributed by atoms with Crippen molar-refractivity contribution in [2.75, 3.05) is 0 Å². The monoisotopic (exact) mass is 472 g/mol. The molecule has 0 aromatic rings. The number of fused-ring (bicyclic) bond motifs is 7. The fourth-order valence-electron chi connectivity index (χ4n) is 10.1. The van der Waals surface area contributed by atoms with Crippen LogP contribution in [0, 0.1) is 50.7 Å². The van der Waals surface area contributed by atoms with Crippen molar-refractivity contribution >= 4 is 11.8 Å². The third-order valence-corrected chi connectivity index (χ3v) is 12.6. The molecule has 0 aromatic carbocycles. The van der Waals surface area contributed by atoms with Crippen LogP contribution in [0.4, 0.5) is 0 Å². The van der Waals surface area contributed by atoms with Crippen LogP contribution in [0.5, 0.6) is 0 Å². The SMILES string of the molecule is CC1C(=O)C(O)CC2(C)C1CCC1(C)C2CC=C2C3C(O)C(C)(C)CCC3(C(=O)O)CCC21C. The summed E-state index contributed by atoms with van der Waals surface area (Å²) in [4.78, 5) is 25.4. The van der Waals surface area contributed by atoms with Crippen LogP contribution in [-0.4, -0.2) is 39.3 Å². The fraction of sp³-hybridized carbons (Fsp3) is 0.862. The van der Waals surface area contributed by atoms with E-state index in [4.69, 9.17) is 0 Å². The zero-order chi connectivity index (χ0) is 25.1. The normalized spacial score (nSPS) is 54.1. The zero-order valence-corrected chi connectivity index (χ0v) is 21.9. The molecule has 5 aliphatic rings. The molecule has 5 nitrogen and oxygen atoms in total.